The van der Waals surface area contributed by atoms with Gasteiger partial charge in [0.25, 0.3) is 0 Å². The minimum absolute atomic E-state index is 0.00924. The van der Waals surface area contributed by atoms with E-state index in [0.717, 1.165) is 132 Å². The third kappa shape index (κ3) is 14.1. The fraction of sp³-hybridized carbons (Fsp3) is 0.192. The lowest BCUT2D eigenvalue weighted by atomic mass is 10.0. The normalized spacial score (nSPS) is 12.2. The van der Waals surface area contributed by atoms with Crippen molar-refractivity contribution in [3.63, 3.8) is 0 Å². The van der Waals surface area contributed by atoms with Crippen molar-refractivity contribution in [3.05, 3.63) is 215 Å². The van der Waals surface area contributed by atoms with Crippen LogP contribution in [-0.4, -0.2) is 109 Å². The summed E-state index contributed by atoms with van der Waals surface area (Å²) in [5.74, 6) is 2.56. The summed E-state index contributed by atoms with van der Waals surface area (Å²) in [6.45, 7) is 2.20. The van der Waals surface area contributed by atoms with E-state index in [9.17, 15) is 19.1 Å². The van der Waals surface area contributed by atoms with E-state index in [0.29, 0.717) is 69.5 Å². The van der Waals surface area contributed by atoms with Gasteiger partial charge in [-0.3, -0.25) is 33.9 Å². The van der Waals surface area contributed by atoms with E-state index in [1.54, 1.807) is 68.7 Å². The number of nitrogens with zero attached hydrogens (tertiary/aromatic N) is 13. The fourth-order valence-corrected chi connectivity index (χ4v) is 12.3. The van der Waals surface area contributed by atoms with Crippen LogP contribution in [0.5, 0.6) is 34.5 Å². The van der Waals surface area contributed by atoms with Gasteiger partial charge in [-0.1, -0.05) is 84.9 Å². The number of nitriles is 3. The van der Waals surface area contributed by atoms with Crippen LogP contribution in [0.25, 0.3) is 99.2 Å². The standard InChI is InChI=1S/C31H29N5O3.C27H22N4O3.C20H14F2N4O2/c1-35-27-18-33-26-16-28(37-2)29(15-25(26)30(27)31(34-35)24-8-6-21(17-32)7-9-24)39-20-23-5-3-4-22(14-23)19-36-10-12-38-13-11-36;1-31-23-14-29-22-12-24(33-2)25(34-16-19-5-3-18(15-32)4-6-19)11-21(22)26(23)27(30-31)20-9-7-17(13-28)8-10-20;1-26-15-10-24-14-8-17(28-20(21)22)16(27-2)7-13(14)18(15)19(25-26)12-5-3-11(9-23)4-6-12/h3-9,14-16,18H,10-13,19-20H2,1-2H3;3-12,14,32H,15-16H2,1-2H3;3-8,10,20H,1-2H3. The Hall–Kier alpha value is -12.6. The van der Waals surface area contributed by atoms with Crippen molar-refractivity contribution in [3.8, 4) is 86.5 Å². The van der Waals surface area contributed by atoms with E-state index in [4.69, 9.17) is 49.1 Å². The Morgan fingerprint density at radius 1 is 0.465 bits per heavy atom. The first-order valence-corrected chi connectivity index (χ1v) is 32.0. The molecule has 1 fully saturated rings. The van der Waals surface area contributed by atoms with Gasteiger partial charge in [-0.15, -0.1) is 0 Å². The number of hydrogen-bond acceptors (Lipinski definition) is 18. The SMILES string of the molecule is COc1cc2c(cc1OC(F)F)ncc1c2c(-c2ccc(C#N)cc2)nn1C.COc1cc2ncc3c(c(-c4ccc(C#N)cc4)nn3C)c2cc1OCc1ccc(CO)cc1.COc1cc2ncc3c(c(-c4ccc(C#N)cc4)nn3C)c2cc1OCc1cccc(CN2CCOCC2)c1. The molecule has 1 saturated heterocycles. The zero-order chi connectivity index (χ0) is 70.3. The molecule has 14 aromatic rings. The van der Waals surface area contributed by atoms with Crippen LogP contribution in [0.15, 0.2) is 176 Å². The van der Waals surface area contributed by atoms with Gasteiger partial charge < -0.3 is 38.3 Å². The Balaban J connectivity index is 0.000000137. The predicted octanol–water partition coefficient (Wildman–Crippen LogP) is 14.1. The molecule has 0 spiro atoms. The smallest absolute Gasteiger partial charge is 0.387 e. The molecule has 7 heterocycles. The highest BCUT2D eigenvalue weighted by Crippen LogP contribution is 2.43. The van der Waals surface area contributed by atoms with Crippen LogP contribution < -0.4 is 28.4 Å². The van der Waals surface area contributed by atoms with E-state index < -0.39 is 6.61 Å². The van der Waals surface area contributed by atoms with Crippen LogP contribution in [-0.2, 0) is 52.2 Å². The average Bonchev–Trinajstić information content (AvgIpc) is 1.61. The lowest BCUT2D eigenvalue weighted by molar-refractivity contribution is -0.0511. The maximum absolute atomic E-state index is 12.7. The van der Waals surface area contributed by atoms with Crippen molar-refractivity contribution >= 4 is 65.4 Å². The number of aliphatic hydroxyl groups excluding tert-OH is 1. The lowest BCUT2D eigenvalue weighted by Gasteiger charge is -2.26. The van der Waals surface area contributed by atoms with E-state index in [1.165, 1.54) is 18.7 Å². The molecule has 1 aliphatic rings. The third-order valence-electron chi connectivity index (χ3n) is 17.5. The molecular formula is C78H65F2N13O8. The second kappa shape index (κ2) is 29.6. The molecule has 101 heavy (non-hydrogen) atoms. The van der Waals surface area contributed by atoms with Gasteiger partial charge in [0, 0.05) is 108 Å². The van der Waals surface area contributed by atoms with Crippen LogP contribution in [0, 0.1) is 34.0 Å². The van der Waals surface area contributed by atoms with Gasteiger partial charge in [0.2, 0.25) is 0 Å². The minimum atomic E-state index is -2.97. The molecule has 0 unspecified atom stereocenters. The molecule has 0 radical (unpaired) electrons. The van der Waals surface area contributed by atoms with Gasteiger partial charge in [-0.25, -0.2) is 0 Å². The number of hydrogen-bond donors (Lipinski definition) is 1. The second-order valence-corrected chi connectivity index (χ2v) is 23.7. The third-order valence-corrected chi connectivity index (χ3v) is 17.5. The number of benzene rings is 8. The van der Waals surface area contributed by atoms with Gasteiger partial charge in [-0.2, -0.15) is 39.9 Å². The summed E-state index contributed by atoms with van der Waals surface area (Å²) in [7, 11) is 10.2. The molecular weight excluding hydrogens is 1280 g/mol. The summed E-state index contributed by atoms with van der Waals surface area (Å²) in [5.41, 5.74) is 15.6. The summed E-state index contributed by atoms with van der Waals surface area (Å²) >= 11 is 0. The molecule has 8 aromatic carbocycles. The number of pyridine rings is 3. The number of ether oxygens (including phenoxy) is 7. The monoisotopic (exact) mass is 1350 g/mol. The summed E-state index contributed by atoms with van der Waals surface area (Å²) in [5, 5.41) is 56.0. The van der Waals surface area contributed by atoms with Crippen LogP contribution in [0.2, 0.25) is 0 Å². The molecule has 15 rings (SSSR count). The Morgan fingerprint density at radius 2 is 0.842 bits per heavy atom. The summed E-state index contributed by atoms with van der Waals surface area (Å²) in [4.78, 5) is 16.1. The van der Waals surface area contributed by atoms with E-state index >= 15 is 0 Å². The van der Waals surface area contributed by atoms with Crippen LogP contribution in [0.1, 0.15) is 38.9 Å². The van der Waals surface area contributed by atoms with Crippen molar-refractivity contribution < 1.29 is 47.0 Å². The summed E-state index contributed by atoms with van der Waals surface area (Å²) < 4.78 is 69.8. The number of aromatic nitrogens is 9. The van der Waals surface area contributed by atoms with Gasteiger partial charge >= 0.3 is 6.61 Å². The molecule has 504 valence electrons. The molecule has 0 bridgehead atoms. The first-order valence-electron chi connectivity index (χ1n) is 32.0. The van der Waals surface area contributed by atoms with Gasteiger partial charge in [0.05, 0.1) is 128 Å². The minimum Gasteiger partial charge on any atom is -0.493 e. The van der Waals surface area contributed by atoms with Crippen molar-refractivity contribution in [2.45, 2.75) is 33.0 Å². The lowest BCUT2D eigenvalue weighted by Crippen LogP contribution is -2.35. The zero-order valence-corrected chi connectivity index (χ0v) is 55.9. The quantitative estimate of drug-likeness (QED) is 0.0889. The van der Waals surface area contributed by atoms with Crippen molar-refractivity contribution in [1.82, 2.24) is 49.2 Å². The van der Waals surface area contributed by atoms with Crippen LogP contribution in [0.4, 0.5) is 8.78 Å². The Morgan fingerprint density at radius 3 is 1.24 bits per heavy atom. The molecule has 0 saturated carbocycles. The van der Waals surface area contributed by atoms with Crippen molar-refractivity contribution in [2.24, 2.45) is 21.1 Å². The first kappa shape index (κ1) is 67.0. The highest BCUT2D eigenvalue weighted by atomic mass is 19.3. The number of alkyl halides is 2. The molecule has 1 aliphatic heterocycles. The Bertz CT molecular complexity index is 5520. The number of halogens is 2. The molecule has 0 amide bonds. The van der Waals surface area contributed by atoms with Gasteiger partial charge in [-0.05, 0) is 76.9 Å². The van der Waals surface area contributed by atoms with Crippen LogP contribution >= 0.6 is 0 Å². The Labute approximate surface area is 578 Å². The topological polar surface area (TPSA) is 252 Å². The van der Waals surface area contributed by atoms with Crippen molar-refractivity contribution in [1.29, 1.82) is 15.8 Å². The van der Waals surface area contributed by atoms with Crippen molar-refractivity contribution in [2.75, 3.05) is 47.6 Å². The largest absolute Gasteiger partial charge is 0.493 e. The number of fused-ring (bicyclic) bond motifs is 9. The number of rotatable bonds is 17. The molecule has 23 heteroatoms. The molecule has 0 aliphatic carbocycles. The fourth-order valence-electron chi connectivity index (χ4n) is 12.3. The number of methoxy groups -OCH3 is 3. The first-order chi connectivity index (χ1) is 49.2. The summed E-state index contributed by atoms with van der Waals surface area (Å²) in [6, 6.07) is 55.3. The average molecular weight is 1350 g/mol. The van der Waals surface area contributed by atoms with E-state index in [2.05, 4.69) is 72.2 Å². The maximum atomic E-state index is 12.7. The van der Waals surface area contributed by atoms with Crippen LogP contribution in [0.3, 0.4) is 0 Å². The summed E-state index contributed by atoms with van der Waals surface area (Å²) in [6.07, 6.45) is 5.27. The molecule has 21 nitrogen and oxygen atoms in total. The number of morpholine rings is 1. The Kier molecular flexibility index (Phi) is 19.7. The van der Waals surface area contributed by atoms with Gasteiger partial charge in [0.1, 0.15) is 30.3 Å². The second-order valence-electron chi connectivity index (χ2n) is 23.7. The predicted molar refractivity (Wildman–Crippen MR) is 378 cm³/mol. The highest BCUT2D eigenvalue weighted by Gasteiger charge is 2.23. The maximum Gasteiger partial charge on any atom is 0.387 e. The molecule has 0 atom stereocenters. The van der Waals surface area contributed by atoms with Gasteiger partial charge in [0.15, 0.2) is 34.5 Å². The van der Waals surface area contributed by atoms with E-state index in [1.807, 2.05) is 127 Å². The number of aryl methyl sites for hydroxylation is 3. The number of aliphatic hydroxyl groups is 1. The molecule has 6 aromatic heterocycles. The molecule has 1 N–H and O–H groups in total. The zero-order valence-electron chi connectivity index (χ0n) is 55.9. The highest BCUT2D eigenvalue weighted by molar-refractivity contribution is 6.14. The van der Waals surface area contributed by atoms with E-state index in [-0.39, 0.29) is 18.1 Å².